The average molecular weight is 314 g/mol. The monoisotopic (exact) mass is 314 g/mol. The third-order valence-electron chi connectivity index (χ3n) is 2.67. The van der Waals surface area contributed by atoms with Crippen molar-refractivity contribution in [2.45, 2.75) is 19.9 Å². The van der Waals surface area contributed by atoms with E-state index in [1.54, 1.807) is 13.8 Å². The quantitative estimate of drug-likeness (QED) is 0.722. The van der Waals surface area contributed by atoms with Crippen LogP contribution in [0.15, 0.2) is 24.3 Å². The van der Waals surface area contributed by atoms with Gasteiger partial charge >= 0.3 is 5.97 Å². The second-order valence-corrected chi connectivity index (χ2v) is 6.73. The first-order valence-corrected chi connectivity index (χ1v) is 8.11. The highest BCUT2D eigenvalue weighted by molar-refractivity contribution is 7.92. The number of rotatable bonds is 6. The van der Waals surface area contributed by atoms with Crippen LogP contribution in [0.2, 0.25) is 0 Å². The van der Waals surface area contributed by atoms with Crippen molar-refractivity contribution in [3.05, 3.63) is 29.8 Å². The van der Waals surface area contributed by atoms with Gasteiger partial charge in [-0.3, -0.25) is 9.52 Å². The number of carboxylic acids is 1. The third-order valence-corrected chi connectivity index (χ3v) is 3.28. The molecule has 3 N–H and O–H groups in total. The molecule has 0 saturated carbocycles. The van der Waals surface area contributed by atoms with Crippen LogP contribution >= 0.6 is 0 Å². The van der Waals surface area contributed by atoms with E-state index in [4.69, 9.17) is 5.11 Å². The van der Waals surface area contributed by atoms with Gasteiger partial charge in [0, 0.05) is 11.3 Å². The Bertz CT molecular complexity index is 622. The molecule has 1 aromatic rings. The predicted molar refractivity (Wildman–Crippen MR) is 78.6 cm³/mol. The van der Waals surface area contributed by atoms with Crippen molar-refractivity contribution in [3.8, 4) is 0 Å². The summed E-state index contributed by atoms with van der Waals surface area (Å²) >= 11 is 0. The SMILES string of the molecule is CC(C)C(NC(=O)c1ccc(NS(C)(=O)=O)cc1)C(=O)O. The molecule has 116 valence electrons. The van der Waals surface area contributed by atoms with E-state index < -0.39 is 27.9 Å². The lowest BCUT2D eigenvalue weighted by Crippen LogP contribution is -2.44. The van der Waals surface area contributed by atoms with E-state index in [-0.39, 0.29) is 11.5 Å². The molecule has 8 heteroatoms. The molecule has 0 aliphatic carbocycles. The first-order valence-electron chi connectivity index (χ1n) is 6.21. The summed E-state index contributed by atoms with van der Waals surface area (Å²) in [5, 5.41) is 11.4. The Balaban J connectivity index is 2.82. The summed E-state index contributed by atoms with van der Waals surface area (Å²) in [5.74, 6) is -1.88. The van der Waals surface area contributed by atoms with Crippen LogP contribution in [0.3, 0.4) is 0 Å². The molecule has 7 nitrogen and oxygen atoms in total. The van der Waals surface area contributed by atoms with Crippen LogP contribution in [0.4, 0.5) is 5.69 Å². The number of anilines is 1. The van der Waals surface area contributed by atoms with Crippen LogP contribution in [0, 0.1) is 5.92 Å². The van der Waals surface area contributed by atoms with Crippen LogP contribution in [0.5, 0.6) is 0 Å². The van der Waals surface area contributed by atoms with Crippen LogP contribution in [-0.2, 0) is 14.8 Å². The van der Waals surface area contributed by atoms with Crippen molar-refractivity contribution >= 4 is 27.6 Å². The maximum absolute atomic E-state index is 11.9. The molecule has 0 heterocycles. The smallest absolute Gasteiger partial charge is 0.326 e. The zero-order chi connectivity index (χ0) is 16.2. The summed E-state index contributed by atoms with van der Waals surface area (Å²) in [4.78, 5) is 23.0. The fraction of sp³-hybridized carbons (Fsp3) is 0.385. The first-order chi connectivity index (χ1) is 9.60. The van der Waals surface area contributed by atoms with Gasteiger partial charge in [-0.15, -0.1) is 0 Å². The molecule has 1 aromatic carbocycles. The number of carboxylic acid groups (broad SMARTS) is 1. The fourth-order valence-electron chi connectivity index (χ4n) is 1.64. The highest BCUT2D eigenvalue weighted by atomic mass is 32.2. The van der Waals surface area contributed by atoms with E-state index in [0.717, 1.165) is 6.26 Å². The highest BCUT2D eigenvalue weighted by Gasteiger charge is 2.23. The van der Waals surface area contributed by atoms with E-state index in [1.165, 1.54) is 24.3 Å². The molecular formula is C13H18N2O5S. The lowest BCUT2D eigenvalue weighted by molar-refractivity contribution is -0.140. The average Bonchev–Trinajstić information content (AvgIpc) is 2.33. The topological polar surface area (TPSA) is 113 Å². The number of carbonyl (C=O) groups is 2. The molecule has 0 bridgehead atoms. The lowest BCUT2D eigenvalue weighted by atomic mass is 10.0. The van der Waals surface area contributed by atoms with E-state index in [1.807, 2.05) is 0 Å². The largest absolute Gasteiger partial charge is 0.480 e. The van der Waals surface area contributed by atoms with Gasteiger partial charge in [-0.25, -0.2) is 13.2 Å². The zero-order valence-electron chi connectivity index (χ0n) is 12.0. The van der Waals surface area contributed by atoms with E-state index in [0.29, 0.717) is 5.69 Å². The van der Waals surface area contributed by atoms with Gasteiger partial charge in [-0.1, -0.05) is 13.8 Å². The minimum atomic E-state index is -3.38. The van der Waals surface area contributed by atoms with Crippen molar-refractivity contribution < 1.29 is 23.1 Å². The van der Waals surface area contributed by atoms with Crippen molar-refractivity contribution in [2.75, 3.05) is 11.0 Å². The Hall–Kier alpha value is -2.09. The summed E-state index contributed by atoms with van der Waals surface area (Å²) in [5.41, 5.74) is 0.577. The molecule has 1 atom stereocenters. The minimum Gasteiger partial charge on any atom is -0.480 e. The Morgan fingerprint density at radius 3 is 2.05 bits per heavy atom. The minimum absolute atomic E-state index is 0.251. The van der Waals surface area contributed by atoms with Gasteiger partial charge < -0.3 is 10.4 Å². The number of benzene rings is 1. The Labute approximate surface area is 123 Å². The highest BCUT2D eigenvalue weighted by Crippen LogP contribution is 2.11. The van der Waals surface area contributed by atoms with Gasteiger partial charge in [0.25, 0.3) is 5.91 Å². The maximum atomic E-state index is 11.9. The summed E-state index contributed by atoms with van der Waals surface area (Å²) < 4.78 is 24.4. The molecule has 1 amide bonds. The maximum Gasteiger partial charge on any atom is 0.326 e. The number of aliphatic carboxylic acids is 1. The summed E-state index contributed by atoms with van der Waals surface area (Å²) in [6.45, 7) is 3.39. The molecule has 0 aliphatic heterocycles. The Morgan fingerprint density at radius 1 is 1.14 bits per heavy atom. The molecule has 0 fully saturated rings. The second-order valence-electron chi connectivity index (χ2n) is 4.98. The van der Waals surface area contributed by atoms with Crippen LogP contribution < -0.4 is 10.0 Å². The molecule has 21 heavy (non-hydrogen) atoms. The van der Waals surface area contributed by atoms with Crippen LogP contribution in [-0.4, -0.2) is 37.7 Å². The van der Waals surface area contributed by atoms with E-state index in [9.17, 15) is 18.0 Å². The van der Waals surface area contributed by atoms with Gasteiger partial charge in [0.1, 0.15) is 6.04 Å². The first kappa shape index (κ1) is 17.0. The molecule has 1 rings (SSSR count). The normalized spacial score (nSPS) is 12.8. The van der Waals surface area contributed by atoms with Crippen molar-refractivity contribution in [2.24, 2.45) is 5.92 Å². The molecule has 0 spiro atoms. The number of amides is 1. The van der Waals surface area contributed by atoms with Gasteiger partial charge in [-0.05, 0) is 30.2 Å². The van der Waals surface area contributed by atoms with Gasteiger partial charge in [0.2, 0.25) is 10.0 Å². The third kappa shape index (κ3) is 5.42. The number of carbonyl (C=O) groups excluding carboxylic acids is 1. The Kier molecular flexibility index (Phi) is 5.31. The predicted octanol–water partition coefficient (Wildman–Crippen LogP) is 0.897. The van der Waals surface area contributed by atoms with Crippen molar-refractivity contribution in [1.82, 2.24) is 5.32 Å². The van der Waals surface area contributed by atoms with Crippen molar-refractivity contribution in [3.63, 3.8) is 0 Å². The van der Waals surface area contributed by atoms with Crippen LogP contribution in [0.1, 0.15) is 24.2 Å². The van der Waals surface area contributed by atoms with Gasteiger partial charge in [0.05, 0.1) is 6.26 Å². The summed E-state index contributed by atoms with van der Waals surface area (Å²) in [6, 6.07) is 4.72. The zero-order valence-corrected chi connectivity index (χ0v) is 12.8. The second kappa shape index (κ2) is 6.57. The number of hydrogen-bond donors (Lipinski definition) is 3. The number of sulfonamides is 1. The molecule has 0 aliphatic rings. The van der Waals surface area contributed by atoms with Crippen molar-refractivity contribution in [1.29, 1.82) is 0 Å². The molecule has 0 saturated heterocycles. The Morgan fingerprint density at radius 2 is 1.67 bits per heavy atom. The standard InChI is InChI=1S/C13H18N2O5S/c1-8(2)11(13(17)18)14-12(16)9-4-6-10(7-5-9)15-21(3,19)20/h4-8,11,15H,1-3H3,(H,14,16)(H,17,18). The fourth-order valence-corrected chi connectivity index (χ4v) is 2.21. The molecule has 1 unspecified atom stereocenters. The number of hydrogen-bond acceptors (Lipinski definition) is 4. The van der Waals surface area contributed by atoms with E-state index >= 15 is 0 Å². The molecule has 0 aromatic heterocycles. The lowest BCUT2D eigenvalue weighted by Gasteiger charge is -2.17. The number of nitrogens with one attached hydrogen (secondary N) is 2. The molecule has 0 radical (unpaired) electrons. The van der Waals surface area contributed by atoms with Gasteiger partial charge in [0.15, 0.2) is 0 Å². The summed E-state index contributed by atoms with van der Waals surface area (Å²) in [7, 11) is -3.38. The molecular weight excluding hydrogens is 296 g/mol. The van der Waals surface area contributed by atoms with Gasteiger partial charge in [-0.2, -0.15) is 0 Å². The van der Waals surface area contributed by atoms with Crippen LogP contribution in [0.25, 0.3) is 0 Å². The van der Waals surface area contributed by atoms with E-state index in [2.05, 4.69) is 10.0 Å². The summed E-state index contributed by atoms with van der Waals surface area (Å²) in [6.07, 6.45) is 1.02.